The van der Waals surface area contributed by atoms with Crippen LogP contribution in [-0.4, -0.2) is 43.7 Å². The first-order valence-electron chi connectivity index (χ1n) is 13.1. The molecule has 0 saturated heterocycles. The van der Waals surface area contributed by atoms with E-state index < -0.39 is 34.1 Å². The molecular weight excluding hydrogens is 456 g/mol. The van der Waals surface area contributed by atoms with Crippen LogP contribution < -0.4 is 0 Å². The predicted octanol–water partition coefficient (Wildman–Crippen LogP) is 4.91. The first-order chi connectivity index (χ1) is 16.6. The number of ketones is 2. The maximum absolute atomic E-state index is 14.2. The summed E-state index contributed by atoms with van der Waals surface area (Å²) >= 11 is 0. The van der Waals surface area contributed by atoms with Crippen molar-refractivity contribution in [2.75, 3.05) is 0 Å². The molecule has 0 saturated carbocycles. The van der Waals surface area contributed by atoms with Gasteiger partial charge in [0, 0.05) is 22.8 Å². The lowest BCUT2D eigenvalue weighted by Gasteiger charge is -2.58. The molecule has 0 radical (unpaired) electrons. The van der Waals surface area contributed by atoms with Crippen LogP contribution in [0.1, 0.15) is 94.8 Å². The zero-order valence-electron chi connectivity index (χ0n) is 22.6. The van der Waals surface area contributed by atoms with Gasteiger partial charge < -0.3 is 20.4 Å². The van der Waals surface area contributed by atoms with Crippen molar-refractivity contribution in [3.05, 3.63) is 50.8 Å². The van der Waals surface area contributed by atoms with Crippen molar-refractivity contribution in [2.24, 2.45) is 16.7 Å². The molecule has 0 fully saturated rings. The molecular formula is C30H40O6. The van der Waals surface area contributed by atoms with E-state index >= 15 is 0 Å². The van der Waals surface area contributed by atoms with Crippen LogP contribution in [0.15, 0.2) is 28.5 Å². The Morgan fingerprint density at radius 2 is 1.69 bits per heavy atom. The van der Waals surface area contributed by atoms with Gasteiger partial charge in [0.2, 0.25) is 0 Å². The highest BCUT2D eigenvalue weighted by atomic mass is 16.3. The first kappa shape index (κ1) is 26.6. The van der Waals surface area contributed by atoms with Gasteiger partial charge in [-0.25, -0.2) is 0 Å². The van der Waals surface area contributed by atoms with Crippen molar-refractivity contribution < 1.29 is 30.0 Å². The average molecular weight is 497 g/mol. The zero-order chi connectivity index (χ0) is 27.0. The van der Waals surface area contributed by atoms with E-state index in [-0.39, 0.29) is 23.5 Å². The Kier molecular flexibility index (Phi) is 6.33. The summed E-state index contributed by atoms with van der Waals surface area (Å²) in [6.07, 6.45) is 1.77. The number of phenols is 1. The van der Waals surface area contributed by atoms with Gasteiger partial charge in [-0.2, -0.15) is 0 Å². The van der Waals surface area contributed by atoms with E-state index in [0.717, 1.165) is 29.5 Å². The normalized spacial score (nSPS) is 30.9. The number of benzene rings is 1. The molecule has 4 atom stereocenters. The highest BCUT2D eigenvalue weighted by Crippen LogP contribution is 2.63. The standard InChI is InChI=1S/C30H40O6/c1-8-18-11-19(10-9-15(2)3)25(33)23-20(18)12-28(6)14-29(7)13-21(32)22(17(5)31)27(35)30(29,36)16(4)24(28)26(23)34/h11,15,17,31,33,35-36H,8-10,12-14H2,1-7H3. The molecule has 6 heteroatoms. The lowest BCUT2D eigenvalue weighted by atomic mass is 9.47. The van der Waals surface area contributed by atoms with E-state index in [1.54, 1.807) is 13.8 Å². The SMILES string of the molecule is CCc1cc(CCC(C)C)c(O)c2c1CC1(C)CC3(C)CC(=O)C(C(C)O)=C(O)C3(O)C(C)=C1C2=O. The fourth-order valence-corrected chi connectivity index (χ4v) is 7.36. The minimum atomic E-state index is -1.96. The van der Waals surface area contributed by atoms with Crippen molar-refractivity contribution in [1.29, 1.82) is 0 Å². The third-order valence-electron chi connectivity index (χ3n) is 9.01. The Balaban J connectivity index is 1.99. The number of hydrogen-bond acceptors (Lipinski definition) is 6. The fourth-order valence-electron chi connectivity index (χ4n) is 7.36. The summed E-state index contributed by atoms with van der Waals surface area (Å²) in [5.74, 6) is -0.816. The minimum Gasteiger partial charge on any atom is -0.508 e. The number of hydrogen-bond donors (Lipinski definition) is 4. The second-order valence-corrected chi connectivity index (χ2v) is 12.2. The predicted molar refractivity (Wildman–Crippen MR) is 138 cm³/mol. The Morgan fingerprint density at radius 3 is 2.25 bits per heavy atom. The molecule has 4 unspecified atom stereocenters. The number of fused-ring (bicyclic) bond motifs is 3. The summed E-state index contributed by atoms with van der Waals surface area (Å²) in [5, 5.41) is 44.8. The van der Waals surface area contributed by atoms with E-state index in [4.69, 9.17) is 0 Å². The number of aliphatic hydroxyl groups is 3. The van der Waals surface area contributed by atoms with E-state index in [0.29, 0.717) is 41.9 Å². The number of aromatic hydroxyl groups is 1. The van der Waals surface area contributed by atoms with Crippen LogP contribution in [0.3, 0.4) is 0 Å². The molecule has 0 bridgehead atoms. The number of carbonyl (C=O) groups excluding carboxylic acids is 2. The smallest absolute Gasteiger partial charge is 0.193 e. The molecule has 1 aromatic carbocycles. The van der Waals surface area contributed by atoms with Gasteiger partial charge in [0.25, 0.3) is 0 Å². The monoisotopic (exact) mass is 496 g/mol. The molecule has 1 aromatic rings. The molecule has 4 rings (SSSR count). The minimum absolute atomic E-state index is 0.0128. The Bertz CT molecular complexity index is 1220. The summed E-state index contributed by atoms with van der Waals surface area (Å²) in [6.45, 7) is 13.1. The molecule has 6 nitrogen and oxygen atoms in total. The first-order valence-corrected chi connectivity index (χ1v) is 13.1. The number of aliphatic hydroxyl groups excluding tert-OH is 2. The van der Waals surface area contributed by atoms with E-state index in [1.807, 2.05) is 19.9 Å². The highest BCUT2D eigenvalue weighted by Gasteiger charge is 2.65. The van der Waals surface area contributed by atoms with E-state index in [1.165, 1.54) is 6.92 Å². The van der Waals surface area contributed by atoms with Gasteiger partial charge in [-0.1, -0.05) is 40.7 Å². The third-order valence-corrected chi connectivity index (χ3v) is 9.01. The van der Waals surface area contributed by atoms with Crippen LogP contribution >= 0.6 is 0 Å². The van der Waals surface area contributed by atoms with Gasteiger partial charge in [0.15, 0.2) is 11.6 Å². The van der Waals surface area contributed by atoms with Crippen LogP contribution in [0.4, 0.5) is 0 Å². The molecule has 0 spiro atoms. The van der Waals surface area contributed by atoms with Crippen molar-refractivity contribution in [3.63, 3.8) is 0 Å². The summed E-state index contributed by atoms with van der Waals surface area (Å²) in [4.78, 5) is 27.2. The van der Waals surface area contributed by atoms with Crippen LogP contribution in [-0.2, 0) is 24.1 Å². The number of phenolic OH excluding ortho intramolecular Hbond substituents is 1. The number of allylic oxidation sites excluding steroid dienone is 1. The second-order valence-electron chi connectivity index (χ2n) is 12.2. The molecule has 196 valence electrons. The molecule has 0 heterocycles. The summed E-state index contributed by atoms with van der Waals surface area (Å²) in [5.41, 5.74) is -0.281. The summed E-state index contributed by atoms with van der Waals surface area (Å²) in [6, 6.07) is 2.03. The number of Topliss-reactive ketones (excluding diaryl/α,β-unsaturated/α-hetero) is 2. The quantitative estimate of drug-likeness (QED) is 0.460. The third kappa shape index (κ3) is 3.52. The van der Waals surface area contributed by atoms with E-state index in [2.05, 4.69) is 13.8 Å². The summed E-state index contributed by atoms with van der Waals surface area (Å²) in [7, 11) is 0. The molecule has 36 heavy (non-hydrogen) atoms. The average Bonchev–Trinajstić information content (AvgIpc) is 2.75. The molecule has 3 aliphatic rings. The van der Waals surface area contributed by atoms with Gasteiger partial charge in [-0.3, -0.25) is 9.59 Å². The molecule has 4 N–H and O–H groups in total. The van der Waals surface area contributed by atoms with Crippen molar-refractivity contribution in [2.45, 2.75) is 98.7 Å². The number of carbonyl (C=O) groups is 2. The lowest BCUT2D eigenvalue weighted by Crippen LogP contribution is -2.61. The Hall–Kier alpha value is -2.44. The van der Waals surface area contributed by atoms with Crippen LogP contribution in [0.25, 0.3) is 0 Å². The maximum atomic E-state index is 14.2. The largest absolute Gasteiger partial charge is 0.508 e. The van der Waals surface area contributed by atoms with Crippen molar-refractivity contribution in [3.8, 4) is 5.75 Å². The molecule has 0 aromatic heterocycles. The Morgan fingerprint density at radius 1 is 1.06 bits per heavy atom. The number of aryl methyl sites for hydroxylation is 2. The maximum Gasteiger partial charge on any atom is 0.193 e. The highest BCUT2D eigenvalue weighted by molar-refractivity contribution is 6.15. The number of rotatable bonds is 5. The van der Waals surface area contributed by atoms with Gasteiger partial charge in [-0.05, 0) is 74.1 Å². The van der Waals surface area contributed by atoms with Gasteiger partial charge >= 0.3 is 0 Å². The zero-order valence-corrected chi connectivity index (χ0v) is 22.6. The van der Waals surface area contributed by atoms with Gasteiger partial charge in [0.1, 0.15) is 17.1 Å². The summed E-state index contributed by atoms with van der Waals surface area (Å²) < 4.78 is 0. The molecule has 0 aliphatic heterocycles. The molecule has 0 amide bonds. The van der Waals surface area contributed by atoms with Gasteiger partial charge in [0.05, 0.1) is 17.2 Å². The Labute approximate surface area is 213 Å². The van der Waals surface area contributed by atoms with Crippen molar-refractivity contribution in [1.82, 2.24) is 0 Å². The van der Waals surface area contributed by atoms with Gasteiger partial charge in [-0.15, -0.1) is 0 Å². The van der Waals surface area contributed by atoms with E-state index in [9.17, 15) is 30.0 Å². The van der Waals surface area contributed by atoms with Crippen LogP contribution in [0, 0.1) is 16.7 Å². The topological polar surface area (TPSA) is 115 Å². The fraction of sp³-hybridized carbons (Fsp3) is 0.600. The van der Waals surface area contributed by atoms with Crippen molar-refractivity contribution >= 4 is 11.6 Å². The molecule has 3 aliphatic carbocycles. The van der Waals surface area contributed by atoms with Crippen LogP contribution in [0.5, 0.6) is 5.75 Å². The lowest BCUT2D eigenvalue weighted by molar-refractivity contribution is -0.134. The second kappa shape index (κ2) is 8.56. The van der Waals surface area contributed by atoms with Crippen LogP contribution in [0.2, 0.25) is 0 Å².